The van der Waals surface area contributed by atoms with E-state index in [2.05, 4.69) is 22.2 Å². The van der Waals surface area contributed by atoms with Crippen LogP contribution in [-0.2, 0) is 20.0 Å². The van der Waals surface area contributed by atoms with Crippen molar-refractivity contribution in [2.45, 2.75) is 26.3 Å². The molecule has 5 nitrogen and oxygen atoms in total. The Morgan fingerprint density at radius 3 is 2.85 bits per heavy atom. The van der Waals surface area contributed by atoms with Crippen molar-refractivity contribution in [2.75, 3.05) is 13.2 Å². The summed E-state index contributed by atoms with van der Waals surface area (Å²) >= 11 is 0. The number of ether oxygens (including phenoxy) is 1. The van der Waals surface area contributed by atoms with E-state index in [1.165, 1.54) is 0 Å². The van der Waals surface area contributed by atoms with Crippen molar-refractivity contribution in [1.82, 2.24) is 19.9 Å². The van der Waals surface area contributed by atoms with Crippen molar-refractivity contribution >= 4 is 0 Å². The van der Waals surface area contributed by atoms with Gasteiger partial charge in [-0.1, -0.05) is 6.92 Å². The highest BCUT2D eigenvalue weighted by Crippen LogP contribution is 2.09. The minimum Gasteiger partial charge on any atom is -0.492 e. The van der Waals surface area contributed by atoms with Gasteiger partial charge in [-0.2, -0.15) is 0 Å². The maximum Gasteiger partial charge on any atom is 0.137 e. The minimum atomic E-state index is 0.611. The van der Waals surface area contributed by atoms with Crippen molar-refractivity contribution in [1.29, 1.82) is 0 Å². The van der Waals surface area contributed by atoms with Crippen LogP contribution in [0.1, 0.15) is 24.9 Å². The second kappa shape index (κ2) is 7.65. The van der Waals surface area contributed by atoms with Crippen molar-refractivity contribution in [3.63, 3.8) is 0 Å². The van der Waals surface area contributed by atoms with Crippen LogP contribution in [-0.4, -0.2) is 27.7 Å². The Hall–Kier alpha value is -1.88. The maximum absolute atomic E-state index is 5.68. The normalized spacial score (nSPS) is 10.7. The molecule has 0 amide bonds. The van der Waals surface area contributed by atoms with Crippen LogP contribution >= 0.6 is 0 Å². The van der Waals surface area contributed by atoms with Crippen LogP contribution < -0.4 is 10.1 Å². The first-order valence-electron chi connectivity index (χ1n) is 7.04. The first-order chi connectivity index (χ1) is 9.79. The maximum atomic E-state index is 5.68. The molecule has 0 saturated carbocycles. The first kappa shape index (κ1) is 14.5. The zero-order chi connectivity index (χ0) is 14.2. The lowest BCUT2D eigenvalue weighted by atomic mass is 10.3. The third-order valence-corrected chi connectivity index (χ3v) is 3.05. The fourth-order valence-electron chi connectivity index (χ4n) is 1.89. The third kappa shape index (κ3) is 4.35. The molecule has 108 valence electrons. The van der Waals surface area contributed by atoms with Gasteiger partial charge in [0.15, 0.2) is 0 Å². The van der Waals surface area contributed by atoms with Crippen molar-refractivity contribution in [3.05, 3.63) is 42.2 Å². The molecule has 0 bridgehead atoms. The summed E-state index contributed by atoms with van der Waals surface area (Å²) in [4.78, 5) is 8.64. The van der Waals surface area contributed by atoms with Crippen molar-refractivity contribution in [2.24, 2.45) is 7.05 Å². The lowest BCUT2D eigenvalue weighted by Gasteiger charge is -2.07. The fourth-order valence-corrected chi connectivity index (χ4v) is 1.89. The van der Waals surface area contributed by atoms with Crippen LogP contribution in [0, 0.1) is 0 Å². The molecule has 0 fully saturated rings. The first-order valence-corrected chi connectivity index (χ1v) is 7.04. The molecule has 0 atom stereocenters. The number of rotatable bonds is 8. The molecular formula is C15H22N4O. The highest BCUT2D eigenvalue weighted by Gasteiger charge is 2.01. The van der Waals surface area contributed by atoms with E-state index in [1.54, 1.807) is 12.4 Å². The van der Waals surface area contributed by atoms with Gasteiger partial charge in [-0.3, -0.25) is 4.98 Å². The molecule has 0 saturated heterocycles. The fraction of sp³-hybridized carbons (Fsp3) is 0.467. The van der Waals surface area contributed by atoms with E-state index >= 15 is 0 Å². The molecule has 0 radical (unpaired) electrons. The average molecular weight is 274 g/mol. The molecule has 1 N–H and O–H groups in total. The number of imidazole rings is 1. The Morgan fingerprint density at radius 1 is 1.30 bits per heavy atom. The molecule has 0 unspecified atom stereocenters. The Bertz CT molecular complexity index is 507. The second-order valence-corrected chi connectivity index (χ2v) is 4.71. The molecule has 2 rings (SSSR count). The topological polar surface area (TPSA) is 52.0 Å². The molecule has 2 aromatic rings. The molecule has 5 heteroatoms. The van der Waals surface area contributed by atoms with Gasteiger partial charge in [0.1, 0.15) is 11.6 Å². The monoisotopic (exact) mass is 274 g/mol. The van der Waals surface area contributed by atoms with Crippen molar-refractivity contribution < 1.29 is 4.74 Å². The Labute approximate surface area is 120 Å². The Morgan fingerprint density at radius 2 is 2.20 bits per heavy atom. The van der Waals surface area contributed by atoms with Gasteiger partial charge in [-0.05, 0) is 25.1 Å². The van der Waals surface area contributed by atoms with Crippen LogP contribution in [0.2, 0.25) is 0 Å². The van der Waals surface area contributed by atoms with Crippen LogP contribution in [0.3, 0.4) is 0 Å². The Kier molecular flexibility index (Phi) is 5.55. The molecule has 0 aromatic carbocycles. The van der Waals surface area contributed by atoms with E-state index < -0.39 is 0 Å². The van der Waals surface area contributed by atoms with Crippen LogP contribution in [0.15, 0.2) is 30.7 Å². The van der Waals surface area contributed by atoms with E-state index in [0.717, 1.165) is 43.2 Å². The van der Waals surface area contributed by atoms with E-state index in [4.69, 9.17) is 4.74 Å². The third-order valence-electron chi connectivity index (χ3n) is 3.05. The van der Waals surface area contributed by atoms with Crippen molar-refractivity contribution in [3.8, 4) is 5.75 Å². The summed E-state index contributed by atoms with van der Waals surface area (Å²) in [6.45, 7) is 4.59. The smallest absolute Gasteiger partial charge is 0.137 e. The average Bonchev–Trinajstić information content (AvgIpc) is 2.87. The predicted octanol–water partition coefficient (Wildman–Crippen LogP) is 1.94. The lowest BCUT2D eigenvalue weighted by Crippen LogP contribution is -2.14. The highest BCUT2D eigenvalue weighted by molar-refractivity contribution is 5.19. The molecule has 0 aliphatic heterocycles. The number of pyridine rings is 1. The number of nitrogens with one attached hydrogen (secondary N) is 1. The molecule has 20 heavy (non-hydrogen) atoms. The highest BCUT2D eigenvalue weighted by atomic mass is 16.5. The summed E-state index contributed by atoms with van der Waals surface area (Å²) in [5.74, 6) is 1.83. The molecule has 2 heterocycles. The van der Waals surface area contributed by atoms with Gasteiger partial charge < -0.3 is 14.6 Å². The summed E-state index contributed by atoms with van der Waals surface area (Å²) in [5.41, 5.74) is 1.04. The summed E-state index contributed by atoms with van der Waals surface area (Å²) in [6.07, 6.45) is 7.45. The summed E-state index contributed by atoms with van der Waals surface area (Å²) in [7, 11) is 1.99. The van der Waals surface area contributed by atoms with Gasteiger partial charge in [0.25, 0.3) is 0 Å². The van der Waals surface area contributed by atoms with Gasteiger partial charge in [0.05, 0.1) is 18.5 Å². The SMILES string of the molecule is CCCNCc1ccc(OCCc2nccn2C)cn1. The second-order valence-electron chi connectivity index (χ2n) is 4.71. The number of hydrogen-bond donors (Lipinski definition) is 1. The van der Waals surface area contributed by atoms with Gasteiger partial charge >= 0.3 is 0 Å². The van der Waals surface area contributed by atoms with Crippen LogP contribution in [0.4, 0.5) is 0 Å². The van der Waals surface area contributed by atoms with Gasteiger partial charge in [0, 0.05) is 32.4 Å². The van der Waals surface area contributed by atoms with Crippen LogP contribution in [0.25, 0.3) is 0 Å². The summed E-state index contributed by atoms with van der Waals surface area (Å²) in [5, 5.41) is 3.32. The quantitative estimate of drug-likeness (QED) is 0.747. The van der Waals surface area contributed by atoms with E-state index in [9.17, 15) is 0 Å². The molecular weight excluding hydrogens is 252 g/mol. The minimum absolute atomic E-state index is 0.611. The summed E-state index contributed by atoms with van der Waals surface area (Å²) < 4.78 is 7.68. The van der Waals surface area contributed by atoms with Gasteiger partial charge in [0.2, 0.25) is 0 Å². The Balaban J connectivity index is 1.74. The summed E-state index contributed by atoms with van der Waals surface area (Å²) in [6, 6.07) is 3.97. The van der Waals surface area contributed by atoms with Crippen LogP contribution in [0.5, 0.6) is 5.75 Å². The van der Waals surface area contributed by atoms with E-state index in [-0.39, 0.29) is 0 Å². The van der Waals surface area contributed by atoms with E-state index in [0.29, 0.717) is 6.61 Å². The predicted molar refractivity (Wildman–Crippen MR) is 78.6 cm³/mol. The molecule has 0 spiro atoms. The number of aromatic nitrogens is 3. The van der Waals surface area contributed by atoms with Gasteiger partial charge in [-0.25, -0.2) is 4.98 Å². The van der Waals surface area contributed by atoms with Gasteiger partial charge in [-0.15, -0.1) is 0 Å². The molecule has 0 aliphatic carbocycles. The number of aryl methyl sites for hydroxylation is 1. The van der Waals surface area contributed by atoms with E-state index in [1.807, 2.05) is 29.9 Å². The molecule has 2 aromatic heterocycles. The lowest BCUT2D eigenvalue weighted by molar-refractivity contribution is 0.316. The zero-order valence-corrected chi connectivity index (χ0v) is 12.2. The number of nitrogens with zero attached hydrogens (tertiary/aromatic N) is 3. The molecule has 0 aliphatic rings. The number of hydrogen-bond acceptors (Lipinski definition) is 4. The largest absolute Gasteiger partial charge is 0.492 e. The zero-order valence-electron chi connectivity index (χ0n) is 12.2. The standard InChI is InChI=1S/C15H22N4O/c1-3-7-16-11-13-4-5-14(12-18-13)20-10-6-15-17-8-9-19(15)2/h4-5,8-9,12,16H,3,6-7,10-11H2,1-2H3.